The molecule has 0 spiro atoms. The van der Waals surface area contributed by atoms with Crippen LogP contribution < -0.4 is 15.7 Å². The second-order valence-electron chi connectivity index (χ2n) is 22.0. The molecule has 2 aliphatic heterocycles. The van der Waals surface area contributed by atoms with E-state index in [0.717, 1.165) is 11.8 Å². The highest BCUT2D eigenvalue weighted by Crippen LogP contribution is 2.55. The summed E-state index contributed by atoms with van der Waals surface area (Å²) in [7, 11) is 0. The number of rotatable bonds is 5. The molecule has 0 amide bonds. The molecule has 3 heteroatoms. The molecule has 67 heavy (non-hydrogen) atoms. The molecule has 9 aromatic rings. The van der Waals surface area contributed by atoms with Crippen molar-refractivity contribution in [3.8, 4) is 39.1 Å². The van der Waals surface area contributed by atoms with Gasteiger partial charge in [-0.25, -0.2) is 0 Å². The van der Waals surface area contributed by atoms with Gasteiger partial charge >= 0.3 is 6.85 Å². The Morgan fingerprint density at radius 1 is 0.463 bits per heavy atom. The van der Waals surface area contributed by atoms with Crippen LogP contribution in [0.4, 0.5) is 11.4 Å². The average molecular weight is 865 g/mol. The van der Waals surface area contributed by atoms with Crippen LogP contribution in [0.1, 0.15) is 101 Å². The Morgan fingerprint density at radius 3 is 1.78 bits per heavy atom. The first-order chi connectivity index (χ1) is 33.1. The van der Waals surface area contributed by atoms with Crippen molar-refractivity contribution in [3.05, 3.63) is 175 Å². The molecule has 4 fully saturated rings. The number of anilines is 2. The first-order valence-electron chi connectivity index (χ1n) is 26.0. The molecular weight excluding hydrogens is 808 g/mol. The topological polar surface area (TPSA) is 8.17 Å². The molecule has 0 radical (unpaired) electrons. The molecule has 4 bridgehead atoms. The van der Waals surface area contributed by atoms with Crippen LogP contribution in [0.2, 0.25) is 0 Å². The molecule has 3 heterocycles. The quantitative estimate of drug-likeness (QED) is 0.157. The van der Waals surface area contributed by atoms with Crippen molar-refractivity contribution in [1.29, 1.82) is 0 Å². The van der Waals surface area contributed by atoms with Gasteiger partial charge in [-0.05, 0) is 159 Å². The van der Waals surface area contributed by atoms with Crippen LogP contribution in [0.25, 0.3) is 71.6 Å². The highest BCUT2D eigenvalue weighted by Gasteiger charge is 2.48. The Hall–Kier alpha value is -6.32. The smallest absolute Gasteiger partial charge is 0.333 e. The maximum atomic E-state index is 2.79. The van der Waals surface area contributed by atoms with Crippen LogP contribution in [0.5, 0.6) is 0 Å². The molecule has 15 rings (SSSR count). The van der Waals surface area contributed by atoms with Gasteiger partial charge in [0.15, 0.2) is 0 Å². The van der Waals surface area contributed by atoms with Crippen LogP contribution in [0.3, 0.4) is 0 Å². The summed E-state index contributed by atoms with van der Waals surface area (Å²) in [5, 5.41) is 5.54. The molecule has 6 aliphatic rings. The van der Waals surface area contributed by atoms with E-state index in [2.05, 4.69) is 173 Å². The van der Waals surface area contributed by atoms with Crippen molar-refractivity contribution in [2.24, 2.45) is 11.8 Å². The van der Waals surface area contributed by atoms with E-state index in [1.807, 2.05) is 0 Å². The van der Waals surface area contributed by atoms with E-state index in [9.17, 15) is 0 Å². The van der Waals surface area contributed by atoms with Crippen molar-refractivity contribution in [2.45, 2.75) is 101 Å². The van der Waals surface area contributed by atoms with Crippen molar-refractivity contribution in [2.75, 3.05) is 4.81 Å². The first kappa shape index (κ1) is 38.8. The molecule has 326 valence electrons. The minimum absolute atomic E-state index is 0.0233. The maximum absolute atomic E-state index is 2.79. The number of nitrogens with zero attached hydrogens (tertiary/aromatic N) is 2. The molecule has 4 saturated carbocycles. The van der Waals surface area contributed by atoms with Gasteiger partial charge in [0.2, 0.25) is 0 Å². The zero-order valence-corrected chi connectivity index (χ0v) is 38.6. The molecule has 8 aromatic carbocycles. The van der Waals surface area contributed by atoms with E-state index in [1.165, 1.54) is 184 Å². The fraction of sp³-hybridized carbons (Fsp3) is 0.281. The molecule has 2 nitrogen and oxygen atoms in total. The van der Waals surface area contributed by atoms with Gasteiger partial charge in [0.1, 0.15) is 0 Å². The molecule has 4 aliphatic carbocycles. The number of fused-ring (bicyclic) bond motifs is 13. The highest BCUT2D eigenvalue weighted by molar-refractivity contribution is 6.94. The predicted molar refractivity (Wildman–Crippen MR) is 283 cm³/mol. The van der Waals surface area contributed by atoms with Crippen LogP contribution in [0.15, 0.2) is 164 Å². The molecule has 0 saturated heterocycles. The van der Waals surface area contributed by atoms with Gasteiger partial charge in [-0.15, -0.1) is 0 Å². The van der Waals surface area contributed by atoms with Gasteiger partial charge in [0.25, 0.3) is 0 Å². The normalized spacial score (nSPS) is 23.6. The Balaban J connectivity index is 1.07. The number of hydrogen-bond donors (Lipinski definition) is 0. The Kier molecular flexibility index (Phi) is 8.44. The number of benzene rings is 8. The van der Waals surface area contributed by atoms with Crippen LogP contribution >= 0.6 is 0 Å². The van der Waals surface area contributed by atoms with Crippen molar-refractivity contribution < 1.29 is 0 Å². The largest absolute Gasteiger partial charge is 0.376 e. The summed E-state index contributed by atoms with van der Waals surface area (Å²) in [6.07, 6.45) is 19.1. The minimum Gasteiger partial charge on any atom is -0.376 e. The average Bonchev–Trinajstić information content (AvgIpc) is 3.72. The van der Waals surface area contributed by atoms with Crippen LogP contribution in [0, 0.1) is 11.8 Å². The van der Waals surface area contributed by atoms with Gasteiger partial charge in [-0.3, -0.25) is 0 Å². The standard InChI is InChI=1S/C64H57BN2/c1-3-17-44(18-4-1)46-23-27-51(28-24-46)67-61-52-22-8-7-21-47(52)25-29-53(61)55-35-48(45-19-5-2-6-20-45)36-59-60(55)65(67)57-39-50(64-33-11-15-43(41-64)16-12-34-64)38-56-54-37-49(26-30-58(54)66(59)62(56)57)63-31-9-13-42(40-63)14-10-32-63/h1-8,17-30,35-39,42-43H,9-16,31-34,40-41H2. The summed E-state index contributed by atoms with van der Waals surface area (Å²) in [6, 6.07) is 64.1. The summed E-state index contributed by atoms with van der Waals surface area (Å²) < 4.78 is 2.75. The molecule has 0 unspecified atom stereocenters. The van der Waals surface area contributed by atoms with Crippen LogP contribution in [-0.2, 0) is 10.8 Å². The third-order valence-corrected chi connectivity index (χ3v) is 18.6. The van der Waals surface area contributed by atoms with Crippen molar-refractivity contribution >= 4 is 61.7 Å². The van der Waals surface area contributed by atoms with E-state index in [-0.39, 0.29) is 12.3 Å². The summed E-state index contributed by atoms with van der Waals surface area (Å²) in [5.74, 6) is 1.74. The van der Waals surface area contributed by atoms with Gasteiger partial charge in [-0.1, -0.05) is 173 Å². The zero-order valence-electron chi connectivity index (χ0n) is 38.6. The first-order valence-corrected chi connectivity index (χ1v) is 26.0. The summed E-state index contributed by atoms with van der Waals surface area (Å²) in [4.78, 5) is 2.79. The fourth-order valence-electron chi connectivity index (χ4n) is 15.6. The van der Waals surface area contributed by atoms with E-state index < -0.39 is 0 Å². The zero-order chi connectivity index (χ0) is 43.8. The lowest BCUT2D eigenvalue weighted by molar-refractivity contribution is 0.149. The molecule has 1 aromatic heterocycles. The van der Waals surface area contributed by atoms with E-state index in [0.29, 0.717) is 5.41 Å². The van der Waals surface area contributed by atoms with Gasteiger partial charge in [0.05, 0.1) is 11.0 Å². The Morgan fingerprint density at radius 2 is 1.07 bits per heavy atom. The van der Waals surface area contributed by atoms with Gasteiger partial charge in [0, 0.05) is 38.8 Å². The second kappa shape index (κ2) is 14.6. The monoisotopic (exact) mass is 864 g/mol. The third-order valence-electron chi connectivity index (χ3n) is 18.6. The summed E-state index contributed by atoms with van der Waals surface area (Å²) in [5.41, 5.74) is 21.1. The number of aromatic nitrogens is 1. The van der Waals surface area contributed by atoms with Gasteiger partial charge < -0.3 is 9.38 Å². The van der Waals surface area contributed by atoms with Gasteiger partial charge in [-0.2, -0.15) is 0 Å². The van der Waals surface area contributed by atoms with Crippen molar-refractivity contribution in [1.82, 2.24) is 4.57 Å². The van der Waals surface area contributed by atoms with E-state index in [1.54, 1.807) is 11.1 Å². The Bertz CT molecular complexity index is 3430. The van der Waals surface area contributed by atoms with E-state index in [4.69, 9.17) is 0 Å². The lowest BCUT2D eigenvalue weighted by Crippen LogP contribution is -2.61. The summed E-state index contributed by atoms with van der Waals surface area (Å²) in [6.45, 7) is -0.0233. The lowest BCUT2D eigenvalue weighted by atomic mass is 9.43. The van der Waals surface area contributed by atoms with E-state index >= 15 is 0 Å². The SMILES string of the molecule is c1ccc(-c2ccc(N3B4c5c(cc(-c6ccccc6)cc5-n5c6ccc(C78CCCC(CCC7)C8)cc6c6cc(C78CCCC(CCC7)C8)cc4c65)-c4ccc5ccccc5c43)cc2)cc1. The lowest BCUT2D eigenvalue weighted by Gasteiger charge is -2.47. The number of hydrogen-bond acceptors (Lipinski definition) is 1. The summed E-state index contributed by atoms with van der Waals surface area (Å²) >= 11 is 0. The maximum Gasteiger partial charge on any atom is 0.333 e. The minimum atomic E-state index is -0.0233. The third kappa shape index (κ3) is 5.70. The fourth-order valence-corrected chi connectivity index (χ4v) is 15.6. The molecule has 0 atom stereocenters. The van der Waals surface area contributed by atoms with Crippen molar-refractivity contribution in [3.63, 3.8) is 0 Å². The highest BCUT2D eigenvalue weighted by atomic mass is 15.1. The molecule has 0 N–H and O–H groups in total. The van der Waals surface area contributed by atoms with Crippen LogP contribution in [-0.4, -0.2) is 11.4 Å². The molecular formula is C64H57BN2. The predicted octanol–water partition coefficient (Wildman–Crippen LogP) is 15.7. The Labute approximate surface area is 395 Å². The second-order valence-corrected chi connectivity index (χ2v) is 22.0.